The summed E-state index contributed by atoms with van der Waals surface area (Å²) >= 11 is 0. The van der Waals surface area contributed by atoms with Crippen molar-refractivity contribution in [2.45, 2.75) is 19.4 Å². The summed E-state index contributed by atoms with van der Waals surface area (Å²) in [6.07, 6.45) is 0.469. The Morgan fingerprint density at radius 2 is 1.95 bits per heavy atom. The number of nitrogens with zero attached hydrogens (tertiary/aromatic N) is 1. The van der Waals surface area contributed by atoms with Gasteiger partial charge in [0.15, 0.2) is 11.5 Å². The smallest absolute Gasteiger partial charge is 0.278 e. The molecule has 2 N–H and O–H groups in total. The summed E-state index contributed by atoms with van der Waals surface area (Å²) in [6.45, 7) is 5.59. The zero-order valence-electron chi connectivity index (χ0n) is 11.3. The first kappa shape index (κ1) is 15.0. The van der Waals surface area contributed by atoms with Crippen molar-refractivity contribution in [3.8, 4) is 11.5 Å². The molecule has 1 aromatic rings. The Morgan fingerprint density at radius 1 is 1.42 bits per heavy atom. The third-order valence-electron chi connectivity index (χ3n) is 2.70. The SMILES string of the molecule is C=C(C)C[C@@H](N)c1cc(OC)c(OC)cc1[N+](=O)[O-]. The predicted molar refractivity (Wildman–Crippen MR) is 72.6 cm³/mol. The van der Waals surface area contributed by atoms with Crippen molar-refractivity contribution >= 4 is 5.69 Å². The minimum absolute atomic E-state index is 0.0774. The van der Waals surface area contributed by atoms with Crippen LogP contribution in [0, 0.1) is 10.1 Å². The van der Waals surface area contributed by atoms with E-state index in [-0.39, 0.29) is 5.69 Å². The van der Waals surface area contributed by atoms with E-state index >= 15 is 0 Å². The van der Waals surface area contributed by atoms with Gasteiger partial charge in [-0.3, -0.25) is 10.1 Å². The number of nitrogens with two attached hydrogens (primary N) is 1. The first-order valence-corrected chi connectivity index (χ1v) is 5.71. The van der Waals surface area contributed by atoms with E-state index < -0.39 is 11.0 Å². The standard InChI is InChI=1S/C13H18N2O4/c1-8(2)5-10(14)9-6-12(18-3)13(19-4)7-11(9)15(16)17/h6-7,10H,1,5,14H2,2-4H3/t10-/m1/s1. The van der Waals surface area contributed by atoms with Gasteiger partial charge in [0.2, 0.25) is 0 Å². The van der Waals surface area contributed by atoms with Crippen molar-refractivity contribution < 1.29 is 14.4 Å². The highest BCUT2D eigenvalue weighted by Gasteiger charge is 2.23. The minimum Gasteiger partial charge on any atom is -0.493 e. The molecular weight excluding hydrogens is 248 g/mol. The molecule has 104 valence electrons. The van der Waals surface area contributed by atoms with Crippen LogP contribution in [0.4, 0.5) is 5.69 Å². The van der Waals surface area contributed by atoms with Crippen LogP contribution in [0.2, 0.25) is 0 Å². The molecular formula is C13H18N2O4. The highest BCUT2D eigenvalue weighted by molar-refractivity contribution is 5.55. The fourth-order valence-corrected chi connectivity index (χ4v) is 1.82. The summed E-state index contributed by atoms with van der Waals surface area (Å²) in [7, 11) is 2.90. The molecule has 0 unspecified atom stereocenters. The molecule has 0 radical (unpaired) electrons. The van der Waals surface area contributed by atoms with Crippen LogP contribution in [0.3, 0.4) is 0 Å². The normalized spacial score (nSPS) is 11.8. The molecule has 0 fully saturated rings. The molecule has 0 saturated carbocycles. The van der Waals surface area contributed by atoms with Crippen molar-refractivity contribution in [3.05, 3.63) is 40.0 Å². The van der Waals surface area contributed by atoms with Crippen LogP contribution < -0.4 is 15.2 Å². The number of methoxy groups -OCH3 is 2. The molecule has 1 atom stereocenters. The summed E-state index contributed by atoms with van der Waals surface area (Å²) < 4.78 is 10.2. The van der Waals surface area contributed by atoms with Gasteiger partial charge in [-0.05, 0) is 19.4 Å². The van der Waals surface area contributed by atoms with Crippen molar-refractivity contribution in [2.24, 2.45) is 5.73 Å². The maximum atomic E-state index is 11.1. The van der Waals surface area contributed by atoms with Gasteiger partial charge >= 0.3 is 0 Å². The lowest BCUT2D eigenvalue weighted by atomic mass is 9.99. The summed E-state index contributed by atoms with van der Waals surface area (Å²) in [6, 6.07) is 2.37. The molecule has 1 rings (SSSR count). The van der Waals surface area contributed by atoms with Crippen molar-refractivity contribution in [1.82, 2.24) is 0 Å². The third kappa shape index (κ3) is 3.45. The average molecular weight is 266 g/mol. The van der Waals surface area contributed by atoms with Gasteiger partial charge < -0.3 is 15.2 Å². The lowest BCUT2D eigenvalue weighted by Gasteiger charge is -2.15. The maximum absolute atomic E-state index is 11.1. The molecule has 0 heterocycles. The molecule has 19 heavy (non-hydrogen) atoms. The summed E-state index contributed by atoms with van der Waals surface area (Å²) in [5.74, 6) is 0.723. The fraction of sp³-hybridized carbons (Fsp3) is 0.385. The number of nitro groups is 1. The van der Waals surface area contributed by atoms with Crippen LogP contribution in [0.15, 0.2) is 24.3 Å². The Kier molecular flexibility index (Phi) is 4.88. The quantitative estimate of drug-likeness (QED) is 0.485. The van der Waals surface area contributed by atoms with E-state index in [4.69, 9.17) is 15.2 Å². The molecule has 0 saturated heterocycles. The van der Waals surface area contributed by atoms with Gasteiger partial charge in [0.1, 0.15) is 0 Å². The molecule has 0 aliphatic carbocycles. The van der Waals surface area contributed by atoms with Gasteiger partial charge in [0, 0.05) is 6.04 Å². The highest BCUT2D eigenvalue weighted by Crippen LogP contribution is 2.37. The Balaban J connectivity index is 3.34. The second kappa shape index (κ2) is 6.19. The Hall–Kier alpha value is -2.08. The topological polar surface area (TPSA) is 87.6 Å². The average Bonchev–Trinajstić information content (AvgIpc) is 2.35. The van der Waals surface area contributed by atoms with Crippen molar-refractivity contribution in [2.75, 3.05) is 14.2 Å². The lowest BCUT2D eigenvalue weighted by Crippen LogP contribution is -2.13. The van der Waals surface area contributed by atoms with E-state index in [0.29, 0.717) is 23.5 Å². The summed E-state index contributed by atoms with van der Waals surface area (Å²) in [5.41, 5.74) is 7.18. The van der Waals surface area contributed by atoms with Crippen LogP contribution in [0.25, 0.3) is 0 Å². The first-order chi connectivity index (χ1) is 8.90. The largest absolute Gasteiger partial charge is 0.493 e. The van der Waals surface area contributed by atoms with E-state index in [0.717, 1.165) is 5.57 Å². The summed E-state index contributed by atoms with van der Waals surface area (Å²) in [4.78, 5) is 10.6. The van der Waals surface area contributed by atoms with E-state index in [1.54, 1.807) is 6.07 Å². The number of hydrogen-bond acceptors (Lipinski definition) is 5. The number of nitro benzene ring substituents is 1. The number of hydrogen-bond donors (Lipinski definition) is 1. The zero-order chi connectivity index (χ0) is 14.6. The van der Waals surface area contributed by atoms with Crippen LogP contribution in [0.1, 0.15) is 24.9 Å². The molecule has 0 amide bonds. The van der Waals surface area contributed by atoms with Gasteiger partial charge in [-0.2, -0.15) is 0 Å². The van der Waals surface area contributed by atoms with E-state index in [1.807, 2.05) is 6.92 Å². The van der Waals surface area contributed by atoms with Gasteiger partial charge in [-0.15, -0.1) is 6.58 Å². The van der Waals surface area contributed by atoms with Crippen molar-refractivity contribution in [1.29, 1.82) is 0 Å². The highest BCUT2D eigenvalue weighted by atomic mass is 16.6. The first-order valence-electron chi connectivity index (χ1n) is 5.71. The predicted octanol–water partition coefficient (Wildman–Crippen LogP) is 2.58. The second-order valence-electron chi connectivity index (χ2n) is 4.29. The molecule has 1 aromatic carbocycles. The zero-order valence-corrected chi connectivity index (χ0v) is 11.3. The molecule has 0 aromatic heterocycles. The molecule has 6 nitrogen and oxygen atoms in total. The van der Waals surface area contributed by atoms with Gasteiger partial charge in [-0.1, -0.05) is 5.57 Å². The van der Waals surface area contributed by atoms with Gasteiger partial charge in [0.25, 0.3) is 5.69 Å². The molecule has 6 heteroatoms. The third-order valence-corrected chi connectivity index (χ3v) is 2.70. The number of benzene rings is 1. The lowest BCUT2D eigenvalue weighted by molar-refractivity contribution is -0.385. The van der Waals surface area contributed by atoms with Crippen LogP contribution in [-0.4, -0.2) is 19.1 Å². The fourth-order valence-electron chi connectivity index (χ4n) is 1.82. The Morgan fingerprint density at radius 3 is 2.37 bits per heavy atom. The summed E-state index contributed by atoms with van der Waals surface area (Å²) in [5, 5.41) is 11.1. The van der Waals surface area contributed by atoms with Crippen LogP contribution in [-0.2, 0) is 0 Å². The van der Waals surface area contributed by atoms with E-state index in [9.17, 15) is 10.1 Å². The second-order valence-corrected chi connectivity index (χ2v) is 4.29. The number of rotatable bonds is 6. The van der Waals surface area contributed by atoms with Gasteiger partial charge in [0.05, 0.1) is 30.8 Å². The molecule has 0 aliphatic heterocycles. The monoisotopic (exact) mass is 266 g/mol. The van der Waals surface area contributed by atoms with E-state index in [1.165, 1.54) is 20.3 Å². The Bertz CT molecular complexity index is 500. The minimum atomic E-state index is -0.502. The Labute approximate surface area is 112 Å². The van der Waals surface area contributed by atoms with Gasteiger partial charge in [-0.25, -0.2) is 0 Å². The molecule has 0 spiro atoms. The number of ether oxygens (including phenoxy) is 2. The van der Waals surface area contributed by atoms with E-state index in [2.05, 4.69) is 6.58 Å². The maximum Gasteiger partial charge on any atom is 0.278 e. The molecule has 0 aliphatic rings. The van der Waals surface area contributed by atoms with Crippen LogP contribution in [0.5, 0.6) is 11.5 Å². The molecule has 0 bridgehead atoms. The van der Waals surface area contributed by atoms with Crippen LogP contribution >= 0.6 is 0 Å². The van der Waals surface area contributed by atoms with Crippen molar-refractivity contribution in [3.63, 3.8) is 0 Å².